The number of carbonyl (C=O) groups is 2. The first kappa shape index (κ1) is 19.1. The number of likely N-dealkylation sites (N-methyl/N-ethyl adjacent to an activating group) is 1. The van der Waals surface area contributed by atoms with Gasteiger partial charge in [0.1, 0.15) is 4.32 Å². The Kier molecular flexibility index (Phi) is 6.11. The predicted octanol–water partition coefficient (Wildman–Crippen LogP) is 2.89. The highest BCUT2D eigenvalue weighted by molar-refractivity contribution is 8.26. The van der Waals surface area contributed by atoms with Crippen molar-refractivity contribution >= 4 is 46.2 Å². The molecule has 2 amide bonds. The molecule has 1 atom stereocenters. The van der Waals surface area contributed by atoms with Gasteiger partial charge in [0.25, 0.3) is 11.8 Å². The van der Waals surface area contributed by atoms with Crippen molar-refractivity contribution in [2.45, 2.75) is 31.7 Å². The molecule has 2 aliphatic heterocycles. The van der Waals surface area contributed by atoms with Crippen molar-refractivity contribution in [2.24, 2.45) is 0 Å². The second-order valence-corrected chi connectivity index (χ2v) is 8.20. The fourth-order valence-corrected chi connectivity index (χ4v) is 4.48. The zero-order valence-electron chi connectivity index (χ0n) is 14.7. The second-order valence-electron chi connectivity index (χ2n) is 6.52. The molecular formula is C19H22N2O3S2. The van der Waals surface area contributed by atoms with Crippen molar-refractivity contribution < 1.29 is 14.7 Å². The van der Waals surface area contributed by atoms with E-state index in [0.29, 0.717) is 21.2 Å². The molecule has 7 heteroatoms. The van der Waals surface area contributed by atoms with Crippen LogP contribution in [0.25, 0.3) is 6.08 Å². The van der Waals surface area contributed by atoms with E-state index >= 15 is 0 Å². The normalized spacial score (nSPS) is 22.4. The third kappa shape index (κ3) is 4.00. The first-order valence-corrected chi connectivity index (χ1v) is 9.97. The highest BCUT2D eigenvalue weighted by Gasteiger charge is 2.29. The molecule has 1 aromatic rings. The average Bonchev–Trinajstić information content (AvgIpc) is 2.89. The van der Waals surface area contributed by atoms with Gasteiger partial charge >= 0.3 is 0 Å². The number of thiocarbonyl (C=S) groups is 1. The van der Waals surface area contributed by atoms with Crippen molar-refractivity contribution in [1.82, 2.24) is 9.80 Å². The number of hydrogen-bond donors (Lipinski definition) is 1. The molecule has 5 nitrogen and oxygen atoms in total. The van der Waals surface area contributed by atoms with E-state index in [4.69, 9.17) is 12.2 Å². The van der Waals surface area contributed by atoms with Gasteiger partial charge in [0.05, 0.1) is 4.91 Å². The molecule has 2 aliphatic rings. The number of nitrogens with zero attached hydrogens (tertiary/aromatic N) is 2. The lowest BCUT2D eigenvalue weighted by Crippen LogP contribution is -2.44. The lowest BCUT2D eigenvalue weighted by molar-refractivity contribution is -0.121. The third-order valence-corrected chi connectivity index (χ3v) is 6.28. The van der Waals surface area contributed by atoms with Crippen molar-refractivity contribution in [2.75, 3.05) is 20.2 Å². The van der Waals surface area contributed by atoms with Crippen LogP contribution < -0.4 is 0 Å². The summed E-state index contributed by atoms with van der Waals surface area (Å²) in [4.78, 5) is 28.8. The molecule has 2 heterocycles. The van der Waals surface area contributed by atoms with Crippen LogP contribution >= 0.6 is 24.0 Å². The van der Waals surface area contributed by atoms with Gasteiger partial charge in [0.15, 0.2) is 0 Å². The Bertz CT molecular complexity index is 744. The van der Waals surface area contributed by atoms with Gasteiger partial charge in [-0.25, -0.2) is 0 Å². The van der Waals surface area contributed by atoms with Crippen LogP contribution in [-0.4, -0.2) is 57.3 Å². The lowest BCUT2D eigenvalue weighted by atomic mass is 9.98. The second kappa shape index (κ2) is 8.33. The molecular weight excluding hydrogens is 368 g/mol. The summed E-state index contributed by atoms with van der Waals surface area (Å²) in [6.07, 6.45) is 5.48. The van der Waals surface area contributed by atoms with Gasteiger partial charge in [-0.05, 0) is 49.5 Å². The van der Waals surface area contributed by atoms with Gasteiger partial charge in [-0.1, -0.05) is 36.1 Å². The third-order valence-electron chi connectivity index (χ3n) is 4.79. The minimum atomic E-state index is -0.0969. The summed E-state index contributed by atoms with van der Waals surface area (Å²) >= 11 is 6.42. The molecule has 2 fully saturated rings. The summed E-state index contributed by atoms with van der Waals surface area (Å²) in [5.74, 6) is -0.0881. The Balaban J connectivity index is 1.74. The van der Waals surface area contributed by atoms with Crippen LogP contribution in [0.2, 0.25) is 0 Å². The molecule has 0 aliphatic carbocycles. The van der Waals surface area contributed by atoms with Crippen LogP contribution in [0.15, 0.2) is 29.2 Å². The molecule has 2 saturated heterocycles. The molecule has 0 radical (unpaired) electrons. The van der Waals surface area contributed by atoms with Crippen molar-refractivity contribution in [3.8, 4) is 0 Å². The minimum Gasteiger partial charge on any atom is -0.396 e. The maximum atomic E-state index is 12.8. The van der Waals surface area contributed by atoms with Crippen LogP contribution in [0.5, 0.6) is 0 Å². The fourth-order valence-electron chi connectivity index (χ4n) is 3.30. The van der Waals surface area contributed by atoms with E-state index in [0.717, 1.165) is 31.4 Å². The Morgan fingerprint density at radius 3 is 2.69 bits per heavy atom. The van der Waals surface area contributed by atoms with Crippen LogP contribution in [0, 0.1) is 0 Å². The zero-order chi connectivity index (χ0) is 18.7. The van der Waals surface area contributed by atoms with E-state index in [1.807, 2.05) is 17.0 Å². The van der Waals surface area contributed by atoms with E-state index in [1.54, 1.807) is 25.3 Å². The van der Waals surface area contributed by atoms with Crippen molar-refractivity contribution in [3.63, 3.8) is 0 Å². The highest BCUT2D eigenvalue weighted by atomic mass is 32.2. The molecule has 0 aromatic heterocycles. The number of rotatable bonds is 4. The number of aliphatic hydroxyl groups excluding tert-OH is 1. The molecule has 1 aromatic carbocycles. The molecule has 1 N–H and O–H groups in total. The monoisotopic (exact) mass is 390 g/mol. The summed E-state index contributed by atoms with van der Waals surface area (Å²) in [6.45, 7) is 0.840. The zero-order valence-corrected chi connectivity index (χ0v) is 16.3. The van der Waals surface area contributed by atoms with Crippen LogP contribution in [0.4, 0.5) is 0 Å². The highest BCUT2D eigenvalue weighted by Crippen LogP contribution is 2.31. The lowest BCUT2D eigenvalue weighted by Gasteiger charge is -2.35. The maximum Gasteiger partial charge on any atom is 0.265 e. The van der Waals surface area contributed by atoms with Gasteiger partial charge < -0.3 is 10.0 Å². The topological polar surface area (TPSA) is 60.9 Å². The van der Waals surface area contributed by atoms with Gasteiger partial charge in [-0.2, -0.15) is 0 Å². The Labute approximate surface area is 163 Å². The molecule has 1 unspecified atom stereocenters. The Morgan fingerprint density at radius 1 is 1.35 bits per heavy atom. The Morgan fingerprint density at radius 2 is 2.08 bits per heavy atom. The van der Waals surface area contributed by atoms with Crippen molar-refractivity contribution in [1.29, 1.82) is 0 Å². The van der Waals surface area contributed by atoms with Gasteiger partial charge in [-0.3, -0.25) is 14.5 Å². The predicted molar refractivity (Wildman–Crippen MR) is 108 cm³/mol. The fraction of sp³-hybridized carbons (Fsp3) is 0.421. The number of thioether (sulfide) groups is 1. The number of likely N-dealkylation sites (tertiary alicyclic amines) is 1. The van der Waals surface area contributed by atoms with E-state index < -0.39 is 0 Å². The van der Waals surface area contributed by atoms with E-state index in [-0.39, 0.29) is 24.5 Å². The number of amides is 2. The molecule has 138 valence electrons. The minimum absolute atomic E-state index is 0.00887. The first-order chi connectivity index (χ1) is 12.5. The maximum absolute atomic E-state index is 12.8. The first-order valence-electron chi connectivity index (χ1n) is 8.74. The molecule has 0 spiro atoms. The number of benzene rings is 1. The average molecular weight is 391 g/mol. The molecule has 3 rings (SSSR count). The quantitative estimate of drug-likeness (QED) is 0.633. The smallest absolute Gasteiger partial charge is 0.265 e. The summed E-state index contributed by atoms with van der Waals surface area (Å²) < 4.78 is 0.549. The summed E-state index contributed by atoms with van der Waals surface area (Å²) in [6, 6.07) is 7.41. The molecule has 0 bridgehead atoms. The summed E-state index contributed by atoms with van der Waals surface area (Å²) in [7, 11) is 1.67. The van der Waals surface area contributed by atoms with Gasteiger partial charge in [-0.15, -0.1) is 0 Å². The van der Waals surface area contributed by atoms with Crippen molar-refractivity contribution in [3.05, 3.63) is 40.3 Å². The Hall–Kier alpha value is -1.70. The van der Waals surface area contributed by atoms with Crippen LogP contribution in [-0.2, 0) is 4.79 Å². The molecule has 26 heavy (non-hydrogen) atoms. The molecule has 0 saturated carbocycles. The van der Waals surface area contributed by atoms with Crippen LogP contribution in [0.1, 0.15) is 41.6 Å². The van der Waals surface area contributed by atoms with Gasteiger partial charge in [0, 0.05) is 31.8 Å². The van der Waals surface area contributed by atoms with Crippen LogP contribution in [0.3, 0.4) is 0 Å². The summed E-state index contributed by atoms with van der Waals surface area (Å²) in [5.41, 5.74) is 1.50. The van der Waals surface area contributed by atoms with E-state index in [9.17, 15) is 14.7 Å². The number of hydrogen-bond acceptors (Lipinski definition) is 5. The number of carbonyl (C=O) groups excluding carboxylic acids is 2. The summed E-state index contributed by atoms with van der Waals surface area (Å²) in [5, 5.41) is 9.23. The number of piperidine rings is 1. The van der Waals surface area contributed by atoms with E-state index in [1.165, 1.54) is 16.7 Å². The van der Waals surface area contributed by atoms with Gasteiger partial charge in [0.2, 0.25) is 0 Å². The number of aliphatic hydroxyl groups is 1. The SMILES string of the molecule is CN1C(=O)/C(=C\c2ccc(C(=O)N3CCCCC3CCO)cc2)SC1=S. The largest absolute Gasteiger partial charge is 0.396 e. The standard InChI is InChI=1S/C19H22N2O3S2/c1-20-18(24)16(26-19(20)25)12-13-5-7-14(8-6-13)17(23)21-10-3-2-4-15(21)9-11-22/h5-8,12,15,22H,2-4,9-11H2,1H3/b16-12+. The van der Waals surface area contributed by atoms with E-state index in [2.05, 4.69) is 0 Å².